The van der Waals surface area contributed by atoms with Gasteiger partial charge in [-0.3, -0.25) is 4.72 Å². The first-order valence-corrected chi connectivity index (χ1v) is 10.8. The van der Waals surface area contributed by atoms with Crippen molar-refractivity contribution in [1.82, 2.24) is 5.32 Å². The molecule has 0 amide bonds. The molecule has 1 fully saturated rings. The summed E-state index contributed by atoms with van der Waals surface area (Å²) in [5, 5.41) is 3.53. The van der Waals surface area contributed by atoms with Gasteiger partial charge in [-0.05, 0) is 44.0 Å². The summed E-state index contributed by atoms with van der Waals surface area (Å²) in [6.45, 7) is 5.24. The molecule has 2 aromatic rings. The lowest BCUT2D eigenvalue weighted by molar-refractivity contribution is 0.307. The fourth-order valence-corrected chi connectivity index (χ4v) is 4.25. The Labute approximate surface area is 160 Å². The molecule has 0 spiro atoms. The van der Waals surface area contributed by atoms with Crippen molar-refractivity contribution in [2.75, 3.05) is 35.9 Å². The smallest absolute Gasteiger partial charge is 0.261 e. The monoisotopic (exact) mass is 387 g/mol. The van der Waals surface area contributed by atoms with Gasteiger partial charge >= 0.3 is 0 Å². The molecule has 1 aliphatic heterocycles. The van der Waals surface area contributed by atoms with Crippen LogP contribution in [-0.4, -0.2) is 40.7 Å². The van der Waals surface area contributed by atoms with E-state index in [4.69, 9.17) is 4.74 Å². The SMILES string of the molecule is Cc1ccc(S(=O)(=O)Nc2ccc3c(c2)OCCN3CCNC2CC2)cc1. The predicted molar refractivity (Wildman–Crippen MR) is 107 cm³/mol. The maximum Gasteiger partial charge on any atom is 0.261 e. The lowest BCUT2D eigenvalue weighted by atomic mass is 10.2. The minimum Gasteiger partial charge on any atom is -0.489 e. The van der Waals surface area contributed by atoms with E-state index < -0.39 is 10.0 Å². The molecule has 6 nitrogen and oxygen atoms in total. The fraction of sp³-hybridized carbons (Fsp3) is 0.400. The number of sulfonamides is 1. The number of anilines is 2. The van der Waals surface area contributed by atoms with Crippen molar-refractivity contribution in [3.8, 4) is 5.75 Å². The first-order valence-electron chi connectivity index (χ1n) is 9.36. The van der Waals surface area contributed by atoms with E-state index in [1.165, 1.54) is 12.8 Å². The van der Waals surface area contributed by atoms with Crippen molar-refractivity contribution >= 4 is 21.4 Å². The van der Waals surface area contributed by atoms with E-state index in [1.807, 2.05) is 13.0 Å². The highest BCUT2D eigenvalue weighted by molar-refractivity contribution is 7.92. The van der Waals surface area contributed by atoms with Crippen LogP contribution < -0.4 is 19.7 Å². The molecule has 0 radical (unpaired) electrons. The molecule has 144 valence electrons. The molecule has 27 heavy (non-hydrogen) atoms. The summed E-state index contributed by atoms with van der Waals surface area (Å²) in [6.07, 6.45) is 2.56. The Hall–Kier alpha value is -2.25. The Morgan fingerprint density at radius 1 is 1.15 bits per heavy atom. The number of benzene rings is 2. The normalized spacial score (nSPS) is 16.6. The van der Waals surface area contributed by atoms with Crippen molar-refractivity contribution < 1.29 is 13.2 Å². The summed E-state index contributed by atoms with van der Waals surface area (Å²) in [5.74, 6) is 0.719. The van der Waals surface area contributed by atoms with Gasteiger partial charge in [0.15, 0.2) is 0 Å². The predicted octanol–water partition coefficient (Wildman–Crippen LogP) is 2.75. The van der Waals surface area contributed by atoms with E-state index in [0.29, 0.717) is 18.3 Å². The van der Waals surface area contributed by atoms with Crippen molar-refractivity contribution in [3.63, 3.8) is 0 Å². The van der Waals surface area contributed by atoms with Gasteiger partial charge in [0.2, 0.25) is 0 Å². The Morgan fingerprint density at radius 2 is 1.93 bits per heavy atom. The van der Waals surface area contributed by atoms with Crippen molar-refractivity contribution in [2.24, 2.45) is 0 Å². The lowest BCUT2D eigenvalue weighted by Crippen LogP contribution is -2.38. The number of hydrogen-bond donors (Lipinski definition) is 2. The van der Waals surface area contributed by atoms with Crippen molar-refractivity contribution in [3.05, 3.63) is 48.0 Å². The lowest BCUT2D eigenvalue weighted by Gasteiger charge is -2.31. The summed E-state index contributed by atoms with van der Waals surface area (Å²) in [4.78, 5) is 2.53. The van der Waals surface area contributed by atoms with E-state index in [1.54, 1.807) is 36.4 Å². The number of ether oxygens (including phenoxy) is 1. The minimum absolute atomic E-state index is 0.250. The largest absolute Gasteiger partial charge is 0.489 e. The number of nitrogens with one attached hydrogen (secondary N) is 2. The summed E-state index contributed by atoms with van der Waals surface area (Å²) in [7, 11) is -3.62. The number of nitrogens with zero attached hydrogens (tertiary/aromatic N) is 1. The maximum absolute atomic E-state index is 12.6. The van der Waals surface area contributed by atoms with E-state index >= 15 is 0 Å². The second-order valence-corrected chi connectivity index (χ2v) is 8.85. The van der Waals surface area contributed by atoms with Gasteiger partial charge in [0.05, 0.1) is 22.8 Å². The molecule has 0 atom stereocenters. The number of aryl methyl sites for hydroxylation is 1. The van der Waals surface area contributed by atoms with E-state index in [0.717, 1.165) is 36.6 Å². The van der Waals surface area contributed by atoms with Crippen LogP contribution in [0.4, 0.5) is 11.4 Å². The highest BCUT2D eigenvalue weighted by Gasteiger charge is 2.23. The first kappa shape index (κ1) is 18.1. The van der Waals surface area contributed by atoms with Gasteiger partial charge in [-0.15, -0.1) is 0 Å². The standard InChI is InChI=1S/C20H25N3O3S/c1-15-2-7-18(8-3-15)27(24,25)22-17-6-9-19-20(14-17)26-13-12-23(19)11-10-21-16-4-5-16/h2-3,6-9,14,16,21-22H,4-5,10-13H2,1H3. The van der Waals surface area contributed by atoms with Crippen LogP contribution in [-0.2, 0) is 10.0 Å². The van der Waals surface area contributed by atoms with E-state index in [2.05, 4.69) is 14.9 Å². The summed E-state index contributed by atoms with van der Waals surface area (Å²) >= 11 is 0. The summed E-state index contributed by atoms with van der Waals surface area (Å²) in [6, 6.07) is 13.0. The van der Waals surface area contributed by atoms with Crippen LogP contribution in [0, 0.1) is 6.92 Å². The third-order valence-electron chi connectivity index (χ3n) is 4.89. The van der Waals surface area contributed by atoms with Gasteiger partial charge in [0.1, 0.15) is 12.4 Å². The van der Waals surface area contributed by atoms with Crippen LogP contribution in [0.5, 0.6) is 5.75 Å². The Bertz CT molecular complexity index is 909. The molecular formula is C20H25N3O3S. The Morgan fingerprint density at radius 3 is 2.67 bits per heavy atom. The van der Waals surface area contributed by atoms with Crippen LogP contribution >= 0.6 is 0 Å². The van der Waals surface area contributed by atoms with E-state index in [9.17, 15) is 8.42 Å². The molecule has 0 unspecified atom stereocenters. The zero-order valence-corrected chi connectivity index (χ0v) is 16.3. The molecule has 0 bridgehead atoms. The third-order valence-corrected chi connectivity index (χ3v) is 6.29. The van der Waals surface area contributed by atoms with Crippen LogP contribution in [0.15, 0.2) is 47.4 Å². The number of hydrogen-bond acceptors (Lipinski definition) is 5. The molecule has 1 saturated carbocycles. The third kappa shape index (κ3) is 4.36. The summed E-state index contributed by atoms with van der Waals surface area (Å²) in [5.41, 5.74) is 2.54. The molecule has 2 aliphatic rings. The van der Waals surface area contributed by atoms with Crippen LogP contribution in [0.2, 0.25) is 0 Å². The second-order valence-electron chi connectivity index (χ2n) is 7.16. The molecule has 4 rings (SSSR count). The molecule has 1 heterocycles. The van der Waals surface area contributed by atoms with Gasteiger partial charge in [-0.1, -0.05) is 17.7 Å². The highest BCUT2D eigenvalue weighted by Crippen LogP contribution is 2.34. The molecule has 0 saturated heterocycles. The average molecular weight is 388 g/mol. The zero-order chi connectivity index (χ0) is 18.9. The number of rotatable bonds is 7. The zero-order valence-electron chi connectivity index (χ0n) is 15.4. The van der Waals surface area contributed by atoms with Gasteiger partial charge in [-0.2, -0.15) is 0 Å². The molecule has 2 N–H and O–H groups in total. The molecule has 2 aromatic carbocycles. The van der Waals surface area contributed by atoms with Gasteiger partial charge in [-0.25, -0.2) is 8.42 Å². The maximum atomic E-state index is 12.6. The van der Waals surface area contributed by atoms with Crippen LogP contribution in [0.1, 0.15) is 18.4 Å². The highest BCUT2D eigenvalue weighted by atomic mass is 32.2. The van der Waals surface area contributed by atoms with Gasteiger partial charge < -0.3 is 15.0 Å². The van der Waals surface area contributed by atoms with Gasteiger partial charge in [0.25, 0.3) is 10.0 Å². The molecular weight excluding hydrogens is 362 g/mol. The van der Waals surface area contributed by atoms with Crippen LogP contribution in [0.3, 0.4) is 0 Å². The van der Waals surface area contributed by atoms with Gasteiger partial charge in [0, 0.05) is 25.2 Å². The van der Waals surface area contributed by atoms with Crippen molar-refractivity contribution in [2.45, 2.75) is 30.7 Å². The van der Waals surface area contributed by atoms with E-state index in [-0.39, 0.29) is 4.90 Å². The quantitative estimate of drug-likeness (QED) is 0.764. The Kier molecular flexibility index (Phi) is 4.97. The molecule has 7 heteroatoms. The summed E-state index contributed by atoms with van der Waals surface area (Å²) < 4.78 is 33.6. The Balaban J connectivity index is 1.47. The minimum atomic E-state index is -3.62. The topological polar surface area (TPSA) is 70.7 Å². The van der Waals surface area contributed by atoms with Crippen LogP contribution in [0.25, 0.3) is 0 Å². The second kappa shape index (κ2) is 7.40. The first-order chi connectivity index (χ1) is 13.0. The number of fused-ring (bicyclic) bond motifs is 1. The average Bonchev–Trinajstić information content (AvgIpc) is 3.46. The molecule has 0 aromatic heterocycles. The fourth-order valence-electron chi connectivity index (χ4n) is 3.20. The molecule has 1 aliphatic carbocycles. The van der Waals surface area contributed by atoms with Crippen molar-refractivity contribution in [1.29, 1.82) is 0 Å².